The average Bonchev–Trinajstić information content (AvgIpc) is 2.75. The first-order valence-corrected chi connectivity index (χ1v) is 9.94. The van der Waals surface area contributed by atoms with Crippen LogP contribution in [0.3, 0.4) is 0 Å². The molecule has 1 atom stereocenters. The molecule has 1 nitrogen and oxygen atoms in total. The molecule has 0 saturated carbocycles. The van der Waals surface area contributed by atoms with Crippen LogP contribution in [0.2, 0.25) is 0 Å². The molecule has 1 heterocycles. The second kappa shape index (κ2) is 9.28. The van der Waals surface area contributed by atoms with Crippen LogP contribution in [-0.2, 0) is 0 Å². The standard InChI is InChI=1S/C23H35N/c1-6-9-13-22-19(5)12-10-11-14-23(22)20-15-18(4)16-24(17-20)21(7-2)8-3/h14-15,18,21H,6-9,11,13,16-17H2,1-5H3/t18-/m0/s1. The van der Waals surface area contributed by atoms with E-state index in [1.54, 1.807) is 0 Å². The second-order valence-electron chi connectivity index (χ2n) is 7.40. The molecule has 0 spiro atoms. The van der Waals surface area contributed by atoms with E-state index in [1.165, 1.54) is 60.9 Å². The van der Waals surface area contributed by atoms with Gasteiger partial charge in [0.15, 0.2) is 0 Å². The third kappa shape index (κ3) is 4.64. The van der Waals surface area contributed by atoms with Crippen LogP contribution < -0.4 is 0 Å². The van der Waals surface area contributed by atoms with Gasteiger partial charge >= 0.3 is 0 Å². The van der Waals surface area contributed by atoms with E-state index in [1.807, 2.05) is 0 Å². The lowest BCUT2D eigenvalue weighted by atomic mass is 9.86. The maximum absolute atomic E-state index is 3.38. The summed E-state index contributed by atoms with van der Waals surface area (Å²) in [5, 5.41) is 0. The lowest BCUT2D eigenvalue weighted by Gasteiger charge is -2.37. The number of hydrogen-bond donors (Lipinski definition) is 0. The minimum atomic E-state index is 0.632. The third-order valence-corrected chi connectivity index (χ3v) is 5.43. The first-order valence-electron chi connectivity index (χ1n) is 9.94. The molecule has 0 amide bonds. The Morgan fingerprint density at radius 3 is 2.67 bits per heavy atom. The zero-order valence-corrected chi connectivity index (χ0v) is 16.4. The first kappa shape index (κ1) is 19.1. The summed E-state index contributed by atoms with van der Waals surface area (Å²) in [4.78, 5) is 2.71. The van der Waals surface area contributed by atoms with Crippen molar-refractivity contribution < 1.29 is 0 Å². The molecule has 1 aliphatic carbocycles. The lowest BCUT2D eigenvalue weighted by molar-refractivity contribution is 0.177. The van der Waals surface area contributed by atoms with Gasteiger partial charge in [0.25, 0.3) is 0 Å². The van der Waals surface area contributed by atoms with Gasteiger partial charge in [-0.1, -0.05) is 58.1 Å². The quantitative estimate of drug-likeness (QED) is 0.527. The van der Waals surface area contributed by atoms with Gasteiger partial charge in [0.2, 0.25) is 0 Å². The monoisotopic (exact) mass is 325 g/mol. The van der Waals surface area contributed by atoms with Crippen LogP contribution in [-0.4, -0.2) is 24.0 Å². The van der Waals surface area contributed by atoms with Crippen LogP contribution in [0, 0.1) is 17.8 Å². The van der Waals surface area contributed by atoms with Gasteiger partial charge in [0.1, 0.15) is 0 Å². The van der Waals surface area contributed by atoms with E-state index in [9.17, 15) is 0 Å². The van der Waals surface area contributed by atoms with Crippen LogP contribution in [0.1, 0.15) is 73.1 Å². The molecule has 0 aromatic carbocycles. The van der Waals surface area contributed by atoms with Gasteiger partial charge in [-0.15, -0.1) is 0 Å². The van der Waals surface area contributed by atoms with E-state index in [0.717, 1.165) is 13.0 Å². The summed E-state index contributed by atoms with van der Waals surface area (Å²) >= 11 is 0. The van der Waals surface area contributed by atoms with Crippen LogP contribution in [0.15, 0.2) is 34.4 Å². The fourth-order valence-electron chi connectivity index (χ4n) is 4.10. The van der Waals surface area contributed by atoms with E-state index >= 15 is 0 Å². The zero-order chi connectivity index (χ0) is 17.5. The molecule has 2 rings (SSSR count). The number of unbranched alkanes of at least 4 members (excludes halogenated alkanes) is 1. The molecule has 0 saturated heterocycles. The Kier molecular flexibility index (Phi) is 7.38. The van der Waals surface area contributed by atoms with Crippen molar-refractivity contribution in [3.05, 3.63) is 34.4 Å². The van der Waals surface area contributed by atoms with Crippen LogP contribution in [0.25, 0.3) is 0 Å². The third-order valence-electron chi connectivity index (χ3n) is 5.43. The summed E-state index contributed by atoms with van der Waals surface area (Å²) in [5.41, 5.74) is 5.82. The van der Waals surface area contributed by atoms with Crippen molar-refractivity contribution in [3.63, 3.8) is 0 Å². The highest BCUT2D eigenvalue weighted by Gasteiger charge is 2.25. The van der Waals surface area contributed by atoms with Crippen molar-refractivity contribution >= 4 is 0 Å². The van der Waals surface area contributed by atoms with Gasteiger partial charge in [0, 0.05) is 31.1 Å². The molecule has 1 heteroatoms. The largest absolute Gasteiger partial charge is 0.296 e. The van der Waals surface area contributed by atoms with E-state index in [4.69, 9.17) is 0 Å². The minimum absolute atomic E-state index is 0.632. The maximum Gasteiger partial charge on any atom is 0.0282 e. The average molecular weight is 326 g/mol. The summed E-state index contributed by atoms with van der Waals surface area (Å²) < 4.78 is 0. The Hall–Kier alpha value is -1.26. The zero-order valence-electron chi connectivity index (χ0n) is 16.4. The molecule has 0 unspecified atom stereocenters. The van der Waals surface area contributed by atoms with Crippen LogP contribution >= 0.6 is 0 Å². The molecule has 132 valence electrons. The molecule has 24 heavy (non-hydrogen) atoms. The van der Waals surface area contributed by atoms with Crippen LogP contribution in [0.4, 0.5) is 0 Å². The highest BCUT2D eigenvalue weighted by molar-refractivity contribution is 5.55. The normalized spacial score (nSPS) is 22.0. The molecular weight excluding hydrogens is 290 g/mol. The summed E-state index contributed by atoms with van der Waals surface area (Å²) in [6.07, 6.45) is 12.0. The number of rotatable bonds is 7. The van der Waals surface area contributed by atoms with Crippen molar-refractivity contribution in [3.8, 4) is 11.8 Å². The van der Waals surface area contributed by atoms with Gasteiger partial charge < -0.3 is 0 Å². The Bertz CT molecular complexity index is 575. The first-order chi connectivity index (χ1) is 11.6. The number of hydrogen-bond acceptors (Lipinski definition) is 1. The lowest BCUT2D eigenvalue weighted by Crippen LogP contribution is -2.41. The van der Waals surface area contributed by atoms with Crippen molar-refractivity contribution in [2.45, 2.75) is 79.2 Å². The van der Waals surface area contributed by atoms with Gasteiger partial charge in [-0.3, -0.25) is 4.90 Å². The van der Waals surface area contributed by atoms with Crippen molar-refractivity contribution in [1.29, 1.82) is 0 Å². The van der Waals surface area contributed by atoms with Gasteiger partial charge in [0.05, 0.1) is 0 Å². The Balaban J connectivity index is 2.30. The molecule has 2 aliphatic rings. The van der Waals surface area contributed by atoms with Crippen molar-refractivity contribution in [2.75, 3.05) is 13.1 Å². The molecular formula is C23H35N. The molecule has 0 N–H and O–H groups in total. The van der Waals surface area contributed by atoms with Gasteiger partial charge in [-0.05, 0) is 55.2 Å². The highest BCUT2D eigenvalue weighted by Crippen LogP contribution is 2.33. The Morgan fingerprint density at radius 2 is 2.00 bits per heavy atom. The molecule has 0 radical (unpaired) electrons. The molecule has 0 aromatic rings. The van der Waals surface area contributed by atoms with Gasteiger partial charge in [-0.2, -0.15) is 0 Å². The van der Waals surface area contributed by atoms with Crippen molar-refractivity contribution in [2.24, 2.45) is 5.92 Å². The minimum Gasteiger partial charge on any atom is -0.296 e. The smallest absolute Gasteiger partial charge is 0.0282 e. The fraction of sp³-hybridized carbons (Fsp3) is 0.652. The SMILES string of the molecule is CCCCC1=C(C)C#CCC=C1C1=C[C@H](C)CN(C(CC)CC)C1. The number of allylic oxidation sites excluding steroid dienone is 3. The van der Waals surface area contributed by atoms with E-state index in [-0.39, 0.29) is 0 Å². The van der Waals surface area contributed by atoms with E-state index < -0.39 is 0 Å². The molecule has 0 fully saturated rings. The summed E-state index contributed by atoms with van der Waals surface area (Å²) in [5.74, 6) is 7.32. The van der Waals surface area contributed by atoms with Crippen molar-refractivity contribution in [1.82, 2.24) is 4.90 Å². The summed E-state index contributed by atoms with van der Waals surface area (Å²) in [7, 11) is 0. The summed E-state index contributed by atoms with van der Waals surface area (Å²) in [6, 6.07) is 0.711. The molecule has 0 aromatic heterocycles. The number of nitrogens with zero attached hydrogens (tertiary/aromatic N) is 1. The van der Waals surface area contributed by atoms with Gasteiger partial charge in [-0.25, -0.2) is 0 Å². The predicted molar refractivity (Wildman–Crippen MR) is 106 cm³/mol. The maximum atomic E-state index is 3.38. The predicted octanol–water partition coefficient (Wildman–Crippen LogP) is 5.89. The van der Waals surface area contributed by atoms with E-state index in [2.05, 4.69) is 63.5 Å². The fourth-order valence-corrected chi connectivity index (χ4v) is 4.10. The van der Waals surface area contributed by atoms with Crippen LogP contribution in [0.5, 0.6) is 0 Å². The topological polar surface area (TPSA) is 3.24 Å². The highest BCUT2D eigenvalue weighted by atomic mass is 15.2. The molecule has 1 aliphatic heterocycles. The van der Waals surface area contributed by atoms with E-state index in [0.29, 0.717) is 12.0 Å². The molecule has 0 bridgehead atoms. The Morgan fingerprint density at radius 1 is 1.25 bits per heavy atom. The second-order valence-corrected chi connectivity index (χ2v) is 7.40. The Labute approximate surface area is 149 Å². The summed E-state index contributed by atoms with van der Waals surface area (Å²) in [6.45, 7) is 13.8.